The summed E-state index contributed by atoms with van der Waals surface area (Å²) in [5.74, 6) is 0. The van der Waals surface area contributed by atoms with Crippen molar-refractivity contribution in [2.45, 2.75) is 39.7 Å². The Morgan fingerprint density at radius 1 is 0.758 bits per heavy atom. The van der Waals surface area contributed by atoms with E-state index in [2.05, 4.69) is 31.9 Å². The minimum atomic E-state index is -3.82. The fraction of sp³-hybridized carbons (Fsp3) is 0.304. The van der Waals surface area contributed by atoms with Gasteiger partial charge in [-0.3, -0.25) is 0 Å². The average Bonchev–Trinajstić information content (AvgIpc) is 3.14. The Labute approximate surface area is 221 Å². The normalized spacial score (nSPS) is 29.5. The van der Waals surface area contributed by atoms with E-state index in [1.807, 2.05) is 13.8 Å². The van der Waals surface area contributed by atoms with Gasteiger partial charge in [0.05, 0.1) is 29.3 Å². The summed E-state index contributed by atoms with van der Waals surface area (Å²) < 4.78 is 54.1. The van der Waals surface area contributed by atoms with Crippen molar-refractivity contribution < 1.29 is 16.8 Å². The second-order valence-electron chi connectivity index (χ2n) is 8.41. The average molecular weight is 655 g/mol. The van der Waals surface area contributed by atoms with Crippen LogP contribution in [-0.4, -0.2) is 26.5 Å². The van der Waals surface area contributed by atoms with E-state index in [-0.39, 0.29) is 19.6 Å². The van der Waals surface area contributed by atoms with E-state index in [0.717, 1.165) is 0 Å². The minimum Gasteiger partial charge on any atom is -0.219 e. The van der Waals surface area contributed by atoms with Crippen molar-refractivity contribution in [2.24, 2.45) is 10.8 Å². The molecule has 0 bridgehead atoms. The lowest BCUT2D eigenvalue weighted by atomic mass is 9.67. The zero-order chi connectivity index (χ0) is 24.4. The number of alkyl halides is 2. The first-order valence-corrected chi connectivity index (χ1v) is 15.6. The maximum atomic E-state index is 13.5. The van der Waals surface area contributed by atoms with Gasteiger partial charge < -0.3 is 0 Å². The van der Waals surface area contributed by atoms with Crippen LogP contribution in [0.3, 0.4) is 0 Å². The predicted molar refractivity (Wildman–Crippen MR) is 140 cm³/mol. The second-order valence-corrected chi connectivity index (χ2v) is 15.0. The quantitative estimate of drug-likeness (QED) is 0.327. The van der Waals surface area contributed by atoms with Crippen molar-refractivity contribution in [3.63, 3.8) is 0 Å². The summed E-state index contributed by atoms with van der Waals surface area (Å²) >= 11 is 19.1. The SMILES string of the molecule is CC[C@@]12C=C(S(=O)(=O)c3ccc(Cl)cc3)[C@@H](Br)[C@]1(C)C=C(S(=O)(=O)c1ccc(Cl)cc1)[C@@H]2Br. The van der Waals surface area contributed by atoms with E-state index in [4.69, 9.17) is 23.2 Å². The molecule has 2 aliphatic rings. The van der Waals surface area contributed by atoms with Gasteiger partial charge in [-0.1, -0.05) is 81.1 Å². The van der Waals surface area contributed by atoms with Crippen molar-refractivity contribution >= 4 is 74.7 Å². The molecule has 33 heavy (non-hydrogen) atoms. The smallest absolute Gasteiger partial charge is 0.203 e. The third-order valence-electron chi connectivity index (χ3n) is 6.78. The van der Waals surface area contributed by atoms with Crippen LogP contribution in [-0.2, 0) is 19.7 Å². The molecular weight excluding hydrogens is 635 g/mol. The van der Waals surface area contributed by atoms with Crippen molar-refractivity contribution in [3.8, 4) is 0 Å². The van der Waals surface area contributed by atoms with Gasteiger partial charge in [0, 0.05) is 20.9 Å². The Balaban J connectivity index is 1.83. The van der Waals surface area contributed by atoms with E-state index in [1.165, 1.54) is 48.5 Å². The molecule has 0 spiro atoms. The number of hydrogen-bond donors (Lipinski definition) is 0. The van der Waals surface area contributed by atoms with Crippen LogP contribution in [0.1, 0.15) is 20.3 Å². The van der Waals surface area contributed by atoms with Crippen LogP contribution in [0.2, 0.25) is 10.0 Å². The summed E-state index contributed by atoms with van der Waals surface area (Å²) in [5, 5.41) is 0.887. The summed E-state index contributed by atoms with van der Waals surface area (Å²) in [5.41, 5.74) is -1.58. The zero-order valence-electron chi connectivity index (χ0n) is 17.6. The van der Waals surface area contributed by atoms with Crippen molar-refractivity contribution in [1.29, 1.82) is 0 Å². The van der Waals surface area contributed by atoms with Crippen LogP contribution in [0.25, 0.3) is 0 Å². The van der Waals surface area contributed by atoms with Gasteiger partial charge in [0.15, 0.2) is 0 Å². The lowest BCUT2D eigenvalue weighted by molar-refractivity contribution is 0.211. The first-order chi connectivity index (χ1) is 15.3. The highest BCUT2D eigenvalue weighted by Crippen LogP contribution is 2.67. The number of hydrogen-bond acceptors (Lipinski definition) is 4. The standard InChI is InChI=1S/C23H20Br2Cl2O4S2/c1-3-23-13-19(33(30,31)17-10-6-15(27)7-11-17)20(24)22(23,2)12-18(21(23)25)32(28,29)16-8-4-14(26)5-9-16/h4-13,20-21H,3H2,1-2H3/t20-,21+,22+,23+/m1/s1. The zero-order valence-corrected chi connectivity index (χ0v) is 23.9. The molecule has 0 unspecified atom stereocenters. The van der Waals surface area contributed by atoms with Gasteiger partial charge in [-0.25, -0.2) is 16.8 Å². The van der Waals surface area contributed by atoms with Gasteiger partial charge in [-0.15, -0.1) is 0 Å². The third-order valence-corrected chi connectivity index (χ3v) is 14.4. The first-order valence-electron chi connectivity index (χ1n) is 10.1. The molecular formula is C23H20Br2Cl2O4S2. The van der Waals surface area contributed by atoms with Gasteiger partial charge in [-0.05, 0) is 55.0 Å². The highest BCUT2D eigenvalue weighted by molar-refractivity contribution is 9.10. The van der Waals surface area contributed by atoms with E-state index >= 15 is 0 Å². The van der Waals surface area contributed by atoms with Gasteiger partial charge >= 0.3 is 0 Å². The van der Waals surface area contributed by atoms with Crippen LogP contribution < -0.4 is 0 Å². The molecule has 0 saturated heterocycles. The molecule has 10 heteroatoms. The third kappa shape index (κ3) is 3.71. The van der Waals surface area contributed by atoms with Gasteiger partial charge in [0.25, 0.3) is 0 Å². The highest BCUT2D eigenvalue weighted by Gasteiger charge is 2.65. The summed E-state index contributed by atoms with van der Waals surface area (Å²) in [7, 11) is -7.65. The lowest BCUT2D eigenvalue weighted by Crippen LogP contribution is -2.40. The van der Waals surface area contributed by atoms with E-state index in [1.54, 1.807) is 12.2 Å². The molecule has 4 atom stereocenters. The molecule has 2 aliphatic carbocycles. The van der Waals surface area contributed by atoms with E-state index in [9.17, 15) is 16.8 Å². The van der Waals surface area contributed by atoms with Gasteiger partial charge in [-0.2, -0.15) is 0 Å². The number of allylic oxidation sites excluding steroid dienone is 4. The maximum absolute atomic E-state index is 13.5. The highest BCUT2D eigenvalue weighted by atomic mass is 79.9. The molecule has 0 saturated carbocycles. The molecule has 4 nitrogen and oxygen atoms in total. The maximum Gasteiger partial charge on any atom is 0.203 e. The summed E-state index contributed by atoms with van der Waals surface area (Å²) in [4.78, 5) is -0.513. The predicted octanol–water partition coefficient (Wildman–Crippen LogP) is 6.97. The molecule has 0 heterocycles. The summed E-state index contributed by atoms with van der Waals surface area (Å²) in [6.07, 6.45) is 3.97. The van der Waals surface area contributed by atoms with E-state index in [0.29, 0.717) is 16.5 Å². The van der Waals surface area contributed by atoms with Crippen LogP contribution in [0.15, 0.2) is 80.3 Å². The van der Waals surface area contributed by atoms with E-state index < -0.39 is 40.2 Å². The Kier molecular flexibility index (Phi) is 6.55. The number of halogens is 4. The fourth-order valence-electron chi connectivity index (χ4n) is 4.78. The fourth-order valence-corrected chi connectivity index (χ4v) is 11.6. The Bertz CT molecular complexity index is 1380. The van der Waals surface area contributed by atoms with Crippen LogP contribution in [0.5, 0.6) is 0 Å². The van der Waals surface area contributed by atoms with Crippen molar-refractivity contribution in [3.05, 3.63) is 80.5 Å². The Morgan fingerprint density at radius 2 is 1.15 bits per heavy atom. The van der Waals surface area contributed by atoms with Crippen LogP contribution in [0, 0.1) is 10.8 Å². The molecule has 2 aromatic rings. The summed E-state index contributed by atoms with van der Waals surface area (Å²) in [6, 6.07) is 12.1. The molecule has 176 valence electrons. The second kappa shape index (κ2) is 8.49. The monoisotopic (exact) mass is 652 g/mol. The van der Waals surface area contributed by atoms with Crippen LogP contribution in [0.4, 0.5) is 0 Å². The molecule has 0 aliphatic heterocycles. The largest absolute Gasteiger partial charge is 0.219 e. The van der Waals surface area contributed by atoms with Gasteiger partial charge in [0.1, 0.15) is 0 Å². The number of fused-ring (bicyclic) bond motifs is 1. The molecule has 2 aromatic carbocycles. The van der Waals surface area contributed by atoms with Crippen molar-refractivity contribution in [1.82, 2.24) is 0 Å². The molecule has 0 amide bonds. The number of sulfone groups is 2. The molecule has 0 fully saturated rings. The number of rotatable bonds is 5. The first kappa shape index (κ1) is 25.5. The number of benzene rings is 2. The van der Waals surface area contributed by atoms with Gasteiger partial charge in [0.2, 0.25) is 19.7 Å². The van der Waals surface area contributed by atoms with Crippen LogP contribution >= 0.6 is 55.1 Å². The molecule has 0 N–H and O–H groups in total. The lowest BCUT2D eigenvalue weighted by Gasteiger charge is -2.40. The Morgan fingerprint density at radius 3 is 1.52 bits per heavy atom. The topological polar surface area (TPSA) is 68.3 Å². The van der Waals surface area contributed by atoms with Crippen molar-refractivity contribution in [2.75, 3.05) is 0 Å². The molecule has 4 rings (SSSR count). The minimum absolute atomic E-state index is 0.140. The molecule has 0 aromatic heterocycles. The summed E-state index contributed by atoms with van der Waals surface area (Å²) in [6.45, 7) is 3.84. The Hall–Kier alpha value is -0.640. The molecule has 0 radical (unpaired) electrons.